The minimum Gasteiger partial charge on any atom is -0.487 e. The standard InChI is InChI=1S/C21H22F7NO4S/c1-2-3-4-14-5-7-18(8-6-14)34(30,31)29-15-9-16(32-12-20(24,25)19(22)23)11-17(10-15)33-13-21(26,27)28/h5-11,19,29H,2-4,12-13H2,1H3. The molecule has 0 aliphatic carbocycles. The van der Waals surface area contributed by atoms with Gasteiger partial charge in [-0.25, -0.2) is 17.2 Å². The summed E-state index contributed by atoms with van der Waals surface area (Å²) in [6.45, 7) is -1.56. The van der Waals surface area contributed by atoms with E-state index in [2.05, 4.69) is 14.2 Å². The molecule has 0 unspecified atom stereocenters. The van der Waals surface area contributed by atoms with Crippen LogP contribution < -0.4 is 14.2 Å². The molecule has 0 amide bonds. The third-order valence-electron chi connectivity index (χ3n) is 4.34. The first-order chi connectivity index (χ1) is 15.7. The lowest BCUT2D eigenvalue weighted by Gasteiger charge is -2.18. The zero-order valence-corrected chi connectivity index (χ0v) is 18.7. The van der Waals surface area contributed by atoms with Crippen molar-refractivity contribution in [3.8, 4) is 11.5 Å². The first kappa shape index (κ1) is 27.5. The number of alkyl halides is 7. The fraction of sp³-hybridized carbons (Fsp3) is 0.429. The van der Waals surface area contributed by atoms with Crippen molar-refractivity contribution in [3.63, 3.8) is 0 Å². The van der Waals surface area contributed by atoms with Crippen LogP contribution >= 0.6 is 0 Å². The van der Waals surface area contributed by atoms with Crippen LogP contribution in [0.15, 0.2) is 47.4 Å². The summed E-state index contributed by atoms with van der Waals surface area (Å²) in [4.78, 5) is -0.166. The number of hydrogen-bond donors (Lipinski definition) is 1. The van der Waals surface area contributed by atoms with Crippen LogP contribution in [0.4, 0.5) is 36.4 Å². The molecule has 0 fully saturated rings. The molecule has 190 valence electrons. The first-order valence-electron chi connectivity index (χ1n) is 9.97. The van der Waals surface area contributed by atoms with Crippen molar-refractivity contribution < 1.29 is 48.6 Å². The summed E-state index contributed by atoms with van der Waals surface area (Å²) >= 11 is 0. The van der Waals surface area contributed by atoms with E-state index in [-0.39, 0.29) is 10.6 Å². The number of anilines is 1. The Balaban J connectivity index is 2.28. The molecule has 0 radical (unpaired) electrons. The summed E-state index contributed by atoms with van der Waals surface area (Å²) in [5.41, 5.74) is 0.518. The normalized spacial score (nSPS) is 12.6. The summed E-state index contributed by atoms with van der Waals surface area (Å²) < 4.78 is 125. The number of unbranched alkanes of at least 4 members (excludes halogenated alkanes) is 1. The number of benzene rings is 2. The predicted molar refractivity (Wildman–Crippen MR) is 110 cm³/mol. The van der Waals surface area contributed by atoms with Gasteiger partial charge in [0.25, 0.3) is 10.0 Å². The number of halogens is 7. The van der Waals surface area contributed by atoms with Crippen molar-refractivity contribution >= 4 is 15.7 Å². The Morgan fingerprint density at radius 2 is 1.47 bits per heavy atom. The van der Waals surface area contributed by atoms with Gasteiger partial charge >= 0.3 is 18.5 Å². The molecule has 0 atom stereocenters. The maximum atomic E-state index is 13.2. The van der Waals surface area contributed by atoms with Crippen LogP contribution in [0.2, 0.25) is 0 Å². The van der Waals surface area contributed by atoms with E-state index in [1.54, 1.807) is 12.1 Å². The van der Waals surface area contributed by atoms with Crippen molar-refractivity contribution in [3.05, 3.63) is 48.0 Å². The number of sulfonamides is 1. The van der Waals surface area contributed by atoms with E-state index < -0.39 is 53.3 Å². The summed E-state index contributed by atoms with van der Waals surface area (Å²) in [7, 11) is -4.24. The molecular formula is C21H22F7NO4S. The highest BCUT2D eigenvalue weighted by atomic mass is 32.2. The minimum atomic E-state index is -4.75. The van der Waals surface area contributed by atoms with Gasteiger partial charge in [0.05, 0.1) is 10.6 Å². The molecule has 2 aromatic carbocycles. The van der Waals surface area contributed by atoms with E-state index in [9.17, 15) is 39.2 Å². The maximum absolute atomic E-state index is 13.2. The molecule has 0 aliphatic rings. The van der Waals surface area contributed by atoms with Gasteiger partial charge in [0.15, 0.2) is 13.2 Å². The number of ether oxygens (including phenoxy) is 2. The number of aryl methyl sites for hydroxylation is 1. The Morgan fingerprint density at radius 3 is 1.97 bits per heavy atom. The van der Waals surface area contributed by atoms with Gasteiger partial charge < -0.3 is 9.47 Å². The number of rotatable bonds is 12. The van der Waals surface area contributed by atoms with Crippen LogP contribution in [0.5, 0.6) is 11.5 Å². The fourth-order valence-electron chi connectivity index (χ4n) is 2.64. The third-order valence-corrected chi connectivity index (χ3v) is 5.74. The van der Waals surface area contributed by atoms with E-state index in [1.165, 1.54) is 12.1 Å². The van der Waals surface area contributed by atoms with E-state index in [4.69, 9.17) is 0 Å². The highest BCUT2D eigenvalue weighted by Gasteiger charge is 2.41. The first-order valence-corrected chi connectivity index (χ1v) is 11.5. The Morgan fingerprint density at radius 1 is 0.912 bits per heavy atom. The quantitative estimate of drug-likeness (QED) is 0.348. The van der Waals surface area contributed by atoms with Crippen molar-refractivity contribution in [2.45, 2.75) is 49.6 Å². The summed E-state index contributed by atoms with van der Waals surface area (Å²) in [5, 5.41) is 0. The number of nitrogens with one attached hydrogen (secondary N) is 1. The molecule has 0 bridgehead atoms. The summed E-state index contributed by atoms with van der Waals surface area (Å²) in [6.07, 6.45) is -6.20. The second-order valence-electron chi connectivity index (χ2n) is 7.30. The molecule has 5 nitrogen and oxygen atoms in total. The molecule has 13 heteroatoms. The molecule has 34 heavy (non-hydrogen) atoms. The fourth-order valence-corrected chi connectivity index (χ4v) is 3.68. The second kappa shape index (κ2) is 11.2. The largest absolute Gasteiger partial charge is 0.487 e. The van der Waals surface area contributed by atoms with Crippen LogP contribution in [0.1, 0.15) is 25.3 Å². The second-order valence-corrected chi connectivity index (χ2v) is 8.98. The van der Waals surface area contributed by atoms with Gasteiger partial charge in [-0.05, 0) is 30.5 Å². The van der Waals surface area contributed by atoms with E-state index >= 15 is 0 Å². The smallest absolute Gasteiger partial charge is 0.422 e. The van der Waals surface area contributed by atoms with Crippen LogP contribution in [0.3, 0.4) is 0 Å². The zero-order valence-electron chi connectivity index (χ0n) is 17.8. The molecule has 0 saturated carbocycles. The Kier molecular flexibility index (Phi) is 9.03. The highest BCUT2D eigenvalue weighted by Crippen LogP contribution is 2.31. The Labute approximate surface area is 191 Å². The van der Waals surface area contributed by atoms with Gasteiger partial charge in [-0.3, -0.25) is 4.72 Å². The van der Waals surface area contributed by atoms with E-state index in [0.717, 1.165) is 43.0 Å². The van der Waals surface area contributed by atoms with Gasteiger partial charge in [0.2, 0.25) is 0 Å². The third kappa shape index (κ3) is 8.58. The van der Waals surface area contributed by atoms with Crippen molar-refractivity contribution in [2.24, 2.45) is 0 Å². The minimum absolute atomic E-state index is 0.166. The van der Waals surface area contributed by atoms with E-state index in [0.29, 0.717) is 0 Å². The maximum Gasteiger partial charge on any atom is 0.422 e. The average Bonchev–Trinajstić information content (AvgIpc) is 2.74. The molecule has 2 aromatic rings. The Bertz CT molecular complexity index is 1040. The lowest BCUT2D eigenvalue weighted by Crippen LogP contribution is -2.33. The van der Waals surface area contributed by atoms with Crippen LogP contribution in [-0.2, 0) is 16.4 Å². The Hall–Kier alpha value is -2.70. The van der Waals surface area contributed by atoms with Crippen LogP contribution in [0, 0.1) is 0 Å². The van der Waals surface area contributed by atoms with Crippen LogP contribution in [0.25, 0.3) is 0 Å². The van der Waals surface area contributed by atoms with E-state index in [1.807, 2.05) is 6.92 Å². The molecule has 0 spiro atoms. The van der Waals surface area contributed by atoms with Crippen LogP contribution in [-0.4, -0.2) is 40.2 Å². The van der Waals surface area contributed by atoms with Gasteiger partial charge in [0, 0.05) is 18.2 Å². The molecule has 0 saturated heterocycles. The number of hydrogen-bond acceptors (Lipinski definition) is 4. The molecule has 0 aliphatic heterocycles. The molecule has 0 aromatic heterocycles. The summed E-state index contributed by atoms with van der Waals surface area (Å²) in [5.74, 6) is -5.72. The van der Waals surface area contributed by atoms with Gasteiger partial charge in [-0.1, -0.05) is 25.5 Å². The molecular weight excluding hydrogens is 495 g/mol. The summed E-state index contributed by atoms with van der Waals surface area (Å²) in [6, 6.07) is 8.35. The predicted octanol–water partition coefficient (Wildman–Crippen LogP) is 6.05. The lowest BCUT2D eigenvalue weighted by atomic mass is 10.1. The van der Waals surface area contributed by atoms with Crippen molar-refractivity contribution in [1.29, 1.82) is 0 Å². The van der Waals surface area contributed by atoms with Crippen molar-refractivity contribution in [2.75, 3.05) is 17.9 Å². The molecule has 2 rings (SSSR count). The molecule has 1 N–H and O–H groups in total. The SMILES string of the molecule is CCCCc1ccc(S(=O)(=O)Nc2cc(OCC(F)(F)F)cc(OCC(F)(F)C(F)F)c2)cc1. The topological polar surface area (TPSA) is 64.6 Å². The van der Waals surface area contributed by atoms with Crippen molar-refractivity contribution in [1.82, 2.24) is 0 Å². The van der Waals surface area contributed by atoms with Gasteiger partial charge in [-0.2, -0.15) is 22.0 Å². The highest BCUT2D eigenvalue weighted by molar-refractivity contribution is 7.92. The van der Waals surface area contributed by atoms with Gasteiger partial charge in [-0.15, -0.1) is 0 Å². The zero-order chi connectivity index (χ0) is 25.6. The average molecular weight is 517 g/mol. The lowest BCUT2D eigenvalue weighted by molar-refractivity contribution is -0.153. The van der Waals surface area contributed by atoms with Gasteiger partial charge in [0.1, 0.15) is 11.5 Å². The monoisotopic (exact) mass is 517 g/mol. The molecule has 0 heterocycles.